The van der Waals surface area contributed by atoms with Crippen molar-refractivity contribution in [2.24, 2.45) is 0 Å². The van der Waals surface area contributed by atoms with Gasteiger partial charge in [0.15, 0.2) is 0 Å². The van der Waals surface area contributed by atoms with Crippen molar-refractivity contribution >= 4 is 17.1 Å². The molecular weight excluding hydrogens is 398 g/mol. The Morgan fingerprint density at radius 2 is 1.18 bits per heavy atom. The van der Waals surface area contributed by atoms with Gasteiger partial charge in [-0.1, -0.05) is 103 Å². The van der Waals surface area contributed by atoms with Gasteiger partial charge in [0.05, 0.1) is 16.8 Å². The van der Waals surface area contributed by atoms with Gasteiger partial charge in [0.1, 0.15) is 0 Å². The summed E-state index contributed by atoms with van der Waals surface area (Å²) in [5.41, 5.74) is 12.8. The van der Waals surface area contributed by atoms with Crippen LogP contribution in [0.2, 0.25) is 0 Å². The molecule has 1 heterocycles. The molecule has 7 rings (SSSR count). The Kier molecular flexibility index (Phi) is 3.75. The molecule has 5 aromatic rings. The number of hydrogen-bond donors (Lipinski definition) is 0. The van der Waals surface area contributed by atoms with Crippen LogP contribution >= 0.6 is 0 Å². The first-order chi connectivity index (χ1) is 16.3. The molecule has 1 nitrogen and oxygen atoms in total. The lowest BCUT2D eigenvalue weighted by Crippen LogP contribution is -2.36. The lowest BCUT2D eigenvalue weighted by molar-refractivity contribution is 0.752. The summed E-state index contributed by atoms with van der Waals surface area (Å²) in [5.74, 6) is 0. The number of aryl methyl sites for hydroxylation is 1. The SMILES string of the molecule is Cc1ccc2c3c1N(c1ccccc1)c1ccccc1C3(c1ccccc1)c1ccccc1-2. The first-order valence-corrected chi connectivity index (χ1v) is 11.6. The summed E-state index contributed by atoms with van der Waals surface area (Å²) < 4.78 is 0. The van der Waals surface area contributed by atoms with E-state index in [1.54, 1.807) is 0 Å². The average Bonchev–Trinajstić information content (AvgIpc) is 3.19. The third-order valence-corrected chi connectivity index (χ3v) is 7.37. The van der Waals surface area contributed by atoms with Gasteiger partial charge in [0, 0.05) is 11.3 Å². The van der Waals surface area contributed by atoms with Crippen molar-refractivity contribution in [3.05, 3.63) is 149 Å². The Hall–Kier alpha value is -4.10. The quantitative estimate of drug-likeness (QED) is 0.272. The molecule has 1 atom stereocenters. The van der Waals surface area contributed by atoms with Crippen LogP contribution in [0.25, 0.3) is 11.1 Å². The average molecular weight is 422 g/mol. The number of anilines is 3. The molecule has 0 fully saturated rings. The predicted molar refractivity (Wildman–Crippen MR) is 137 cm³/mol. The van der Waals surface area contributed by atoms with Crippen molar-refractivity contribution in [3.8, 4) is 11.1 Å². The summed E-state index contributed by atoms with van der Waals surface area (Å²) in [6.07, 6.45) is 0. The minimum Gasteiger partial charge on any atom is -0.310 e. The Morgan fingerprint density at radius 1 is 0.545 bits per heavy atom. The molecule has 0 N–H and O–H groups in total. The van der Waals surface area contributed by atoms with E-state index in [9.17, 15) is 0 Å². The topological polar surface area (TPSA) is 3.24 Å². The maximum Gasteiger partial charge on any atom is 0.0754 e. The Bertz CT molecular complexity index is 1520. The molecule has 5 aromatic carbocycles. The van der Waals surface area contributed by atoms with Crippen LogP contribution in [0.3, 0.4) is 0 Å². The van der Waals surface area contributed by atoms with Gasteiger partial charge in [-0.15, -0.1) is 0 Å². The van der Waals surface area contributed by atoms with Gasteiger partial charge in [-0.2, -0.15) is 0 Å². The molecule has 33 heavy (non-hydrogen) atoms. The standard InChI is InChI=1S/C32H23N/c1-22-20-21-26-25-16-8-9-17-27(25)32(23-12-4-2-5-13-23)28-18-10-11-19-29(28)33(31(22)30(26)32)24-14-6-3-7-15-24/h2-21H,1H3. The molecule has 0 saturated heterocycles. The zero-order valence-electron chi connectivity index (χ0n) is 18.5. The lowest BCUT2D eigenvalue weighted by Gasteiger charge is -2.45. The fourth-order valence-electron chi connectivity index (χ4n) is 6.14. The Morgan fingerprint density at radius 3 is 1.97 bits per heavy atom. The van der Waals surface area contributed by atoms with E-state index in [4.69, 9.17) is 0 Å². The second-order valence-corrected chi connectivity index (χ2v) is 9.00. The number of nitrogens with zero attached hydrogens (tertiary/aromatic N) is 1. The lowest BCUT2D eigenvalue weighted by atomic mass is 9.64. The van der Waals surface area contributed by atoms with E-state index >= 15 is 0 Å². The number of hydrogen-bond acceptors (Lipinski definition) is 1. The first-order valence-electron chi connectivity index (χ1n) is 11.6. The van der Waals surface area contributed by atoms with E-state index in [2.05, 4.69) is 133 Å². The first kappa shape index (κ1) is 18.5. The third-order valence-electron chi connectivity index (χ3n) is 7.37. The molecular formula is C32H23N. The van der Waals surface area contributed by atoms with Crippen LogP contribution in [-0.4, -0.2) is 0 Å². The van der Waals surface area contributed by atoms with Crippen LogP contribution in [0.4, 0.5) is 17.1 Å². The van der Waals surface area contributed by atoms with Crippen molar-refractivity contribution in [1.29, 1.82) is 0 Å². The monoisotopic (exact) mass is 421 g/mol. The highest BCUT2D eigenvalue weighted by Gasteiger charge is 2.52. The molecule has 0 aromatic heterocycles. The van der Waals surface area contributed by atoms with Gasteiger partial charge in [0.25, 0.3) is 0 Å². The second kappa shape index (κ2) is 6.70. The highest BCUT2D eigenvalue weighted by atomic mass is 15.2. The fourth-order valence-corrected chi connectivity index (χ4v) is 6.14. The molecule has 2 aliphatic rings. The van der Waals surface area contributed by atoms with Crippen molar-refractivity contribution in [3.63, 3.8) is 0 Å². The summed E-state index contributed by atoms with van der Waals surface area (Å²) in [6, 6.07) is 44.4. The van der Waals surface area contributed by atoms with Crippen molar-refractivity contribution in [1.82, 2.24) is 0 Å². The normalized spacial score (nSPS) is 17.3. The number of para-hydroxylation sites is 2. The number of rotatable bonds is 2. The van der Waals surface area contributed by atoms with E-state index in [1.165, 1.54) is 56.0 Å². The molecule has 1 heteroatoms. The smallest absolute Gasteiger partial charge is 0.0754 e. The summed E-state index contributed by atoms with van der Waals surface area (Å²) >= 11 is 0. The third kappa shape index (κ3) is 2.27. The molecule has 1 unspecified atom stereocenters. The molecule has 0 saturated carbocycles. The van der Waals surface area contributed by atoms with Crippen molar-refractivity contribution in [2.75, 3.05) is 4.90 Å². The van der Waals surface area contributed by atoms with Crippen LogP contribution in [0.15, 0.2) is 121 Å². The van der Waals surface area contributed by atoms with Crippen LogP contribution < -0.4 is 4.90 Å². The van der Waals surface area contributed by atoms with Gasteiger partial charge >= 0.3 is 0 Å². The zero-order valence-corrected chi connectivity index (χ0v) is 18.5. The highest BCUT2D eigenvalue weighted by molar-refractivity contribution is 6.00. The maximum atomic E-state index is 2.47. The van der Waals surface area contributed by atoms with Gasteiger partial charge in [-0.3, -0.25) is 0 Å². The van der Waals surface area contributed by atoms with E-state index in [1.807, 2.05) is 0 Å². The summed E-state index contributed by atoms with van der Waals surface area (Å²) in [6.45, 7) is 2.25. The minimum absolute atomic E-state index is 0.337. The zero-order chi connectivity index (χ0) is 22.0. The molecule has 1 aliphatic heterocycles. The minimum atomic E-state index is -0.337. The van der Waals surface area contributed by atoms with Crippen LogP contribution in [0.1, 0.15) is 27.8 Å². The second-order valence-electron chi connectivity index (χ2n) is 9.00. The molecule has 0 radical (unpaired) electrons. The van der Waals surface area contributed by atoms with Crippen LogP contribution in [0.5, 0.6) is 0 Å². The highest BCUT2D eigenvalue weighted by Crippen LogP contribution is 2.65. The van der Waals surface area contributed by atoms with E-state index in [0.717, 1.165) is 0 Å². The Balaban J connectivity index is 1.72. The molecule has 1 aliphatic carbocycles. The number of benzene rings is 5. The fraction of sp³-hybridized carbons (Fsp3) is 0.0625. The molecule has 0 spiro atoms. The molecule has 0 amide bonds. The predicted octanol–water partition coefficient (Wildman–Crippen LogP) is 8.14. The maximum absolute atomic E-state index is 2.47. The molecule has 156 valence electrons. The number of fused-ring (bicyclic) bond motifs is 5. The summed E-state index contributed by atoms with van der Waals surface area (Å²) in [4.78, 5) is 2.47. The van der Waals surface area contributed by atoms with E-state index in [-0.39, 0.29) is 5.41 Å². The van der Waals surface area contributed by atoms with E-state index < -0.39 is 0 Å². The summed E-state index contributed by atoms with van der Waals surface area (Å²) in [7, 11) is 0. The summed E-state index contributed by atoms with van der Waals surface area (Å²) in [5, 5.41) is 0. The van der Waals surface area contributed by atoms with Crippen molar-refractivity contribution < 1.29 is 0 Å². The van der Waals surface area contributed by atoms with Gasteiger partial charge in [-0.25, -0.2) is 0 Å². The van der Waals surface area contributed by atoms with Crippen molar-refractivity contribution in [2.45, 2.75) is 12.3 Å². The van der Waals surface area contributed by atoms with Crippen LogP contribution in [0, 0.1) is 6.92 Å². The van der Waals surface area contributed by atoms with Gasteiger partial charge in [-0.05, 0) is 58.5 Å². The van der Waals surface area contributed by atoms with Gasteiger partial charge in [0.2, 0.25) is 0 Å². The Labute approximate surface area is 194 Å². The van der Waals surface area contributed by atoms with E-state index in [0.29, 0.717) is 0 Å². The van der Waals surface area contributed by atoms with Gasteiger partial charge < -0.3 is 4.90 Å². The largest absolute Gasteiger partial charge is 0.310 e. The van der Waals surface area contributed by atoms with Crippen LogP contribution in [-0.2, 0) is 5.41 Å². The molecule has 0 bridgehead atoms.